The fourth-order valence-electron chi connectivity index (χ4n) is 0.956. The summed E-state index contributed by atoms with van der Waals surface area (Å²) in [6.07, 6.45) is -0.402. The van der Waals surface area contributed by atoms with Gasteiger partial charge in [-0.2, -0.15) is 0 Å². The Morgan fingerprint density at radius 1 is 1.38 bits per heavy atom. The Kier molecular flexibility index (Phi) is 3.46. The highest BCUT2D eigenvalue weighted by atomic mass is 35.5. The number of benzene rings is 1. The molecule has 0 N–H and O–H groups in total. The summed E-state index contributed by atoms with van der Waals surface area (Å²) in [6.45, 7) is 1.72. The summed E-state index contributed by atoms with van der Waals surface area (Å²) in [4.78, 5) is 11.5. The third-order valence-electron chi connectivity index (χ3n) is 1.85. The lowest BCUT2D eigenvalue weighted by Gasteiger charge is -2.07. The first kappa shape index (κ1) is 10.2. The molecule has 70 valence electrons. The van der Waals surface area contributed by atoms with E-state index in [4.69, 9.17) is 16.3 Å². The van der Waals surface area contributed by atoms with Gasteiger partial charge in [-0.15, -0.1) is 0 Å². The molecule has 0 spiro atoms. The van der Waals surface area contributed by atoms with E-state index in [1.165, 1.54) is 7.11 Å². The lowest BCUT2D eigenvalue weighted by molar-refractivity contribution is 0.0655. The molecule has 1 aromatic carbocycles. The number of halogens is 1. The molecule has 0 saturated heterocycles. The molecule has 0 fully saturated rings. The van der Waals surface area contributed by atoms with E-state index in [0.29, 0.717) is 10.6 Å². The van der Waals surface area contributed by atoms with Crippen LogP contribution in [0.25, 0.3) is 0 Å². The second-order valence-corrected chi connectivity index (χ2v) is 3.19. The van der Waals surface area contributed by atoms with Crippen LogP contribution in [0.15, 0.2) is 24.3 Å². The van der Waals surface area contributed by atoms with Gasteiger partial charge in [0.15, 0.2) is 5.78 Å². The zero-order valence-corrected chi connectivity index (χ0v) is 8.34. The predicted octanol–water partition coefficient (Wildman–Crippen LogP) is 2.56. The third kappa shape index (κ3) is 2.54. The highest BCUT2D eigenvalue weighted by Gasteiger charge is 2.13. The first-order chi connectivity index (χ1) is 6.15. The van der Waals surface area contributed by atoms with E-state index in [0.717, 1.165) is 0 Å². The first-order valence-electron chi connectivity index (χ1n) is 3.97. The van der Waals surface area contributed by atoms with Crippen molar-refractivity contribution in [2.24, 2.45) is 0 Å². The van der Waals surface area contributed by atoms with Crippen molar-refractivity contribution in [3.8, 4) is 0 Å². The van der Waals surface area contributed by atoms with Crippen LogP contribution in [-0.2, 0) is 4.74 Å². The van der Waals surface area contributed by atoms with E-state index in [9.17, 15) is 4.79 Å². The van der Waals surface area contributed by atoms with E-state index in [2.05, 4.69) is 0 Å². The van der Waals surface area contributed by atoms with Crippen LogP contribution in [0.2, 0.25) is 5.02 Å². The van der Waals surface area contributed by atoms with Crippen LogP contribution >= 0.6 is 11.6 Å². The number of carbonyl (C=O) groups is 1. The van der Waals surface area contributed by atoms with Crippen molar-refractivity contribution in [2.45, 2.75) is 13.0 Å². The molecule has 0 saturated carbocycles. The maximum absolute atomic E-state index is 11.5. The third-order valence-corrected chi connectivity index (χ3v) is 2.10. The van der Waals surface area contributed by atoms with Gasteiger partial charge in [-0.3, -0.25) is 4.79 Å². The molecule has 13 heavy (non-hydrogen) atoms. The SMILES string of the molecule is COC(C)C(=O)c1ccc(Cl)cc1. The molecule has 2 nitrogen and oxygen atoms in total. The summed E-state index contributed by atoms with van der Waals surface area (Å²) in [5.74, 6) is -0.0285. The van der Waals surface area contributed by atoms with Crippen LogP contribution in [0.4, 0.5) is 0 Å². The smallest absolute Gasteiger partial charge is 0.191 e. The van der Waals surface area contributed by atoms with Crippen molar-refractivity contribution in [3.63, 3.8) is 0 Å². The zero-order valence-electron chi connectivity index (χ0n) is 7.58. The molecular weight excluding hydrogens is 188 g/mol. The van der Waals surface area contributed by atoms with Gasteiger partial charge in [0.2, 0.25) is 0 Å². The number of hydrogen-bond donors (Lipinski definition) is 0. The number of hydrogen-bond acceptors (Lipinski definition) is 2. The molecule has 3 heteroatoms. The van der Waals surface area contributed by atoms with E-state index in [1.54, 1.807) is 31.2 Å². The molecule has 0 aliphatic carbocycles. The Morgan fingerprint density at radius 2 is 1.92 bits per heavy atom. The maximum Gasteiger partial charge on any atom is 0.191 e. The van der Waals surface area contributed by atoms with Gasteiger partial charge in [-0.05, 0) is 31.2 Å². The Bertz CT molecular complexity index is 292. The van der Waals surface area contributed by atoms with Crippen molar-refractivity contribution >= 4 is 17.4 Å². The molecule has 0 bridgehead atoms. The van der Waals surface area contributed by atoms with Crippen molar-refractivity contribution in [2.75, 3.05) is 7.11 Å². The summed E-state index contributed by atoms with van der Waals surface area (Å²) in [7, 11) is 1.51. The van der Waals surface area contributed by atoms with Crippen LogP contribution in [0, 0.1) is 0 Å². The fourth-order valence-corrected chi connectivity index (χ4v) is 1.08. The Hall–Kier alpha value is -0.860. The minimum atomic E-state index is -0.402. The maximum atomic E-state index is 11.5. The van der Waals surface area contributed by atoms with Crippen LogP contribution in [-0.4, -0.2) is 19.0 Å². The Labute approximate surface area is 82.5 Å². The van der Waals surface area contributed by atoms with Crippen molar-refractivity contribution in [1.29, 1.82) is 0 Å². The van der Waals surface area contributed by atoms with Crippen LogP contribution in [0.5, 0.6) is 0 Å². The lowest BCUT2D eigenvalue weighted by atomic mass is 10.1. The number of ketones is 1. The minimum Gasteiger partial charge on any atom is -0.374 e. The molecule has 0 aliphatic heterocycles. The standard InChI is InChI=1S/C10H11ClO2/c1-7(13-2)10(12)8-3-5-9(11)6-4-8/h3-7H,1-2H3. The average Bonchev–Trinajstić information content (AvgIpc) is 2.17. The molecule has 1 rings (SSSR count). The molecule has 0 amide bonds. The van der Waals surface area contributed by atoms with Gasteiger partial charge < -0.3 is 4.74 Å². The highest BCUT2D eigenvalue weighted by molar-refractivity contribution is 6.30. The molecule has 1 aromatic rings. The van der Waals surface area contributed by atoms with E-state index in [-0.39, 0.29) is 5.78 Å². The monoisotopic (exact) mass is 198 g/mol. The number of ether oxygens (including phenoxy) is 1. The first-order valence-corrected chi connectivity index (χ1v) is 4.35. The van der Waals surface area contributed by atoms with Gasteiger partial charge in [-0.1, -0.05) is 11.6 Å². The number of carbonyl (C=O) groups excluding carboxylic acids is 1. The molecular formula is C10H11ClO2. The Morgan fingerprint density at radius 3 is 2.38 bits per heavy atom. The topological polar surface area (TPSA) is 26.3 Å². The van der Waals surface area contributed by atoms with E-state index < -0.39 is 6.10 Å². The summed E-state index contributed by atoms with van der Waals surface area (Å²) >= 11 is 5.69. The van der Waals surface area contributed by atoms with Crippen LogP contribution < -0.4 is 0 Å². The molecule has 0 aromatic heterocycles. The lowest BCUT2D eigenvalue weighted by Crippen LogP contribution is -2.18. The zero-order chi connectivity index (χ0) is 9.84. The van der Waals surface area contributed by atoms with Crippen molar-refractivity contribution in [1.82, 2.24) is 0 Å². The van der Waals surface area contributed by atoms with Crippen LogP contribution in [0.1, 0.15) is 17.3 Å². The van der Waals surface area contributed by atoms with E-state index >= 15 is 0 Å². The van der Waals surface area contributed by atoms with Gasteiger partial charge in [0.05, 0.1) is 0 Å². The second-order valence-electron chi connectivity index (χ2n) is 2.75. The van der Waals surface area contributed by atoms with Crippen molar-refractivity contribution < 1.29 is 9.53 Å². The normalized spacial score (nSPS) is 12.5. The van der Waals surface area contributed by atoms with Crippen LogP contribution in [0.3, 0.4) is 0 Å². The highest BCUT2D eigenvalue weighted by Crippen LogP contribution is 2.11. The molecule has 1 unspecified atom stereocenters. The summed E-state index contributed by atoms with van der Waals surface area (Å²) in [6, 6.07) is 6.77. The summed E-state index contributed by atoms with van der Waals surface area (Å²) in [5, 5.41) is 0.626. The predicted molar refractivity (Wildman–Crippen MR) is 52.3 cm³/mol. The van der Waals surface area contributed by atoms with Gasteiger partial charge in [0.1, 0.15) is 6.10 Å². The Balaban J connectivity index is 2.83. The van der Waals surface area contributed by atoms with E-state index in [1.807, 2.05) is 0 Å². The fraction of sp³-hybridized carbons (Fsp3) is 0.300. The summed E-state index contributed by atoms with van der Waals surface area (Å²) < 4.78 is 4.91. The largest absolute Gasteiger partial charge is 0.374 e. The summed E-state index contributed by atoms with van der Waals surface area (Å²) in [5.41, 5.74) is 0.624. The van der Waals surface area contributed by atoms with Gasteiger partial charge in [-0.25, -0.2) is 0 Å². The molecule has 0 radical (unpaired) electrons. The molecule has 1 atom stereocenters. The number of Topliss-reactive ketones (excluding diaryl/α,β-unsaturated/α-hetero) is 1. The van der Waals surface area contributed by atoms with Gasteiger partial charge in [0, 0.05) is 17.7 Å². The second kappa shape index (κ2) is 4.40. The van der Waals surface area contributed by atoms with Gasteiger partial charge >= 0.3 is 0 Å². The molecule has 0 heterocycles. The number of methoxy groups -OCH3 is 1. The quantitative estimate of drug-likeness (QED) is 0.698. The number of rotatable bonds is 3. The molecule has 0 aliphatic rings. The minimum absolute atomic E-state index is 0.0285. The van der Waals surface area contributed by atoms with Gasteiger partial charge in [0.25, 0.3) is 0 Å². The average molecular weight is 199 g/mol. The van der Waals surface area contributed by atoms with Crippen molar-refractivity contribution in [3.05, 3.63) is 34.9 Å².